The number of urea groups is 1. The van der Waals surface area contributed by atoms with Crippen molar-refractivity contribution in [1.82, 2.24) is 10.2 Å². The number of aliphatic hydroxyl groups is 1. The minimum atomic E-state index is -0.122. The smallest absolute Gasteiger partial charge is 0.317 e. The third kappa shape index (κ3) is 2.58. The molecule has 0 aromatic heterocycles. The third-order valence-electron chi connectivity index (χ3n) is 3.24. The second-order valence-electron chi connectivity index (χ2n) is 4.43. The second-order valence-corrected chi connectivity index (χ2v) is 4.43. The average Bonchev–Trinajstić information content (AvgIpc) is 2.30. The number of aliphatic hydroxyl groups excluding tert-OH is 1. The van der Waals surface area contributed by atoms with E-state index < -0.39 is 0 Å². The zero-order chi connectivity index (χ0) is 12.3. The van der Waals surface area contributed by atoms with E-state index in [0.29, 0.717) is 19.0 Å². The van der Waals surface area contributed by atoms with Crippen LogP contribution in [0.25, 0.3) is 0 Å². The molecule has 0 heterocycles. The number of hydrogen-bond donors (Lipinski definition) is 2. The van der Waals surface area contributed by atoms with Crippen molar-refractivity contribution in [3.05, 3.63) is 35.4 Å². The molecule has 0 saturated carbocycles. The van der Waals surface area contributed by atoms with Gasteiger partial charge in [-0.05, 0) is 17.5 Å². The number of fused-ring (bicyclic) bond motifs is 1. The quantitative estimate of drug-likeness (QED) is 0.815. The molecule has 1 atom stereocenters. The molecule has 1 unspecified atom stereocenters. The Morgan fingerprint density at radius 2 is 2.29 bits per heavy atom. The van der Waals surface area contributed by atoms with Crippen molar-refractivity contribution < 1.29 is 9.90 Å². The summed E-state index contributed by atoms with van der Waals surface area (Å²) in [5.41, 5.74) is 2.73. The van der Waals surface area contributed by atoms with Crippen molar-refractivity contribution in [1.29, 1.82) is 0 Å². The molecule has 0 spiro atoms. The van der Waals surface area contributed by atoms with Gasteiger partial charge < -0.3 is 15.3 Å². The molecule has 0 radical (unpaired) electrons. The van der Waals surface area contributed by atoms with Crippen molar-refractivity contribution in [2.75, 3.05) is 26.7 Å². The topological polar surface area (TPSA) is 52.6 Å². The van der Waals surface area contributed by atoms with Gasteiger partial charge in [0.25, 0.3) is 0 Å². The Morgan fingerprint density at radius 3 is 3.00 bits per heavy atom. The SMILES string of the molecule is CN(CCO)C(=O)NCC1Cc2ccccc21. The maximum absolute atomic E-state index is 11.6. The Kier molecular flexibility index (Phi) is 3.64. The monoisotopic (exact) mass is 234 g/mol. The summed E-state index contributed by atoms with van der Waals surface area (Å²) in [6, 6.07) is 8.20. The average molecular weight is 234 g/mol. The van der Waals surface area contributed by atoms with Crippen LogP contribution in [0.1, 0.15) is 17.0 Å². The molecule has 92 valence electrons. The van der Waals surface area contributed by atoms with Gasteiger partial charge in [-0.15, -0.1) is 0 Å². The molecule has 0 aliphatic heterocycles. The van der Waals surface area contributed by atoms with Gasteiger partial charge in [0, 0.05) is 26.1 Å². The maximum atomic E-state index is 11.6. The highest BCUT2D eigenvalue weighted by Gasteiger charge is 2.25. The van der Waals surface area contributed by atoms with Crippen molar-refractivity contribution in [3.63, 3.8) is 0 Å². The van der Waals surface area contributed by atoms with Crippen LogP contribution in [0.3, 0.4) is 0 Å². The molecule has 17 heavy (non-hydrogen) atoms. The van der Waals surface area contributed by atoms with E-state index in [1.54, 1.807) is 7.05 Å². The fourth-order valence-corrected chi connectivity index (χ4v) is 2.14. The first-order chi connectivity index (χ1) is 8.22. The number of amides is 2. The molecule has 2 N–H and O–H groups in total. The summed E-state index contributed by atoms with van der Waals surface area (Å²) in [4.78, 5) is 13.1. The molecular formula is C13H18N2O2. The molecule has 0 bridgehead atoms. The fourth-order valence-electron chi connectivity index (χ4n) is 2.14. The van der Waals surface area contributed by atoms with E-state index in [1.165, 1.54) is 16.0 Å². The predicted octanol–water partition coefficient (Wildman–Crippen LogP) is 0.960. The van der Waals surface area contributed by atoms with E-state index >= 15 is 0 Å². The van der Waals surface area contributed by atoms with Gasteiger partial charge >= 0.3 is 6.03 Å². The minimum absolute atomic E-state index is 0.00379. The van der Waals surface area contributed by atoms with E-state index in [9.17, 15) is 4.79 Å². The summed E-state index contributed by atoms with van der Waals surface area (Å²) in [6.45, 7) is 1.04. The lowest BCUT2D eigenvalue weighted by molar-refractivity contribution is 0.189. The molecular weight excluding hydrogens is 216 g/mol. The molecule has 2 amide bonds. The number of carbonyl (C=O) groups excluding carboxylic acids is 1. The fraction of sp³-hybridized carbons (Fsp3) is 0.462. The van der Waals surface area contributed by atoms with Crippen LogP contribution in [0.4, 0.5) is 4.79 Å². The summed E-state index contributed by atoms with van der Waals surface area (Å²) in [6.07, 6.45) is 1.04. The zero-order valence-electron chi connectivity index (χ0n) is 10.0. The largest absolute Gasteiger partial charge is 0.395 e. The minimum Gasteiger partial charge on any atom is -0.395 e. The molecule has 1 aliphatic rings. The van der Waals surface area contributed by atoms with Gasteiger partial charge in [-0.3, -0.25) is 0 Å². The molecule has 0 saturated heterocycles. The van der Waals surface area contributed by atoms with Gasteiger partial charge in [0.15, 0.2) is 0 Å². The molecule has 2 rings (SSSR count). The van der Waals surface area contributed by atoms with Gasteiger partial charge in [-0.25, -0.2) is 4.79 Å². The van der Waals surface area contributed by atoms with Crippen LogP contribution >= 0.6 is 0 Å². The summed E-state index contributed by atoms with van der Waals surface area (Å²) in [5.74, 6) is 0.442. The third-order valence-corrected chi connectivity index (χ3v) is 3.24. The number of benzene rings is 1. The number of hydrogen-bond acceptors (Lipinski definition) is 2. The van der Waals surface area contributed by atoms with E-state index in [-0.39, 0.29) is 12.6 Å². The van der Waals surface area contributed by atoms with Gasteiger partial charge in [-0.2, -0.15) is 0 Å². The summed E-state index contributed by atoms with van der Waals surface area (Å²) in [5, 5.41) is 11.6. The molecule has 1 aliphatic carbocycles. The van der Waals surface area contributed by atoms with Gasteiger partial charge in [0.2, 0.25) is 0 Å². The highest BCUT2D eigenvalue weighted by molar-refractivity contribution is 5.74. The number of likely N-dealkylation sites (N-methyl/N-ethyl adjacent to an activating group) is 1. The Morgan fingerprint density at radius 1 is 1.53 bits per heavy atom. The molecule has 1 aromatic carbocycles. The Hall–Kier alpha value is -1.55. The molecule has 1 aromatic rings. The van der Waals surface area contributed by atoms with E-state index in [4.69, 9.17) is 5.11 Å². The van der Waals surface area contributed by atoms with E-state index in [2.05, 4.69) is 17.4 Å². The highest BCUT2D eigenvalue weighted by atomic mass is 16.3. The first-order valence-corrected chi connectivity index (χ1v) is 5.90. The number of carbonyl (C=O) groups is 1. The van der Waals surface area contributed by atoms with Gasteiger partial charge in [0.05, 0.1) is 6.61 Å². The number of nitrogens with zero attached hydrogens (tertiary/aromatic N) is 1. The zero-order valence-corrected chi connectivity index (χ0v) is 10.0. The van der Waals surface area contributed by atoms with Crippen molar-refractivity contribution >= 4 is 6.03 Å². The molecule has 4 nitrogen and oxygen atoms in total. The summed E-state index contributed by atoms with van der Waals surface area (Å²) in [7, 11) is 1.68. The van der Waals surface area contributed by atoms with E-state index in [0.717, 1.165) is 6.42 Å². The normalized spacial score (nSPS) is 16.9. The van der Waals surface area contributed by atoms with Crippen LogP contribution in [0, 0.1) is 0 Å². The highest BCUT2D eigenvalue weighted by Crippen LogP contribution is 2.33. The van der Waals surface area contributed by atoms with Gasteiger partial charge in [0.1, 0.15) is 0 Å². The standard InChI is InChI=1S/C13H18N2O2/c1-15(6-7-16)13(17)14-9-11-8-10-4-2-3-5-12(10)11/h2-5,11,16H,6-9H2,1H3,(H,14,17). The van der Waals surface area contributed by atoms with Gasteiger partial charge in [-0.1, -0.05) is 24.3 Å². The van der Waals surface area contributed by atoms with Crippen LogP contribution in [0.2, 0.25) is 0 Å². The first kappa shape index (κ1) is 11.9. The lowest BCUT2D eigenvalue weighted by atomic mass is 9.78. The maximum Gasteiger partial charge on any atom is 0.317 e. The predicted molar refractivity (Wildman–Crippen MR) is 66.0 cm³/mol. The molecule has 4 heteroatoms. The van der Waals surface area contributed by atoms with Crippen LogP contribution in [-0.2, 0) is 6.42 Å². The Labute approximate surface area is 101 Å². The van der Waals surface area contributed by atoms with Crippen LogP contribution in [-0.4, -0.2) is 42.8 Å². The lowest BCUT2D eigenvalue weighted by Crippen LogP contribution is -2.41. The van der Waals surface area contributed by atoms with Crippen LogP contribution in [0.5, 0.6) is 0 Å². The summed E-state index contributed by atoms with van der Waals surface area (Å²) < 4.78 is 0. The first-order valence-electron chi connectivity index (χ1n) is 5.90. The summed E-state index contributed by atoms with van der Waals surface area (Å²) >= 11 is 0. The van der Waals surface area contributed by atoms with Crippen molar-refractivity contribution in [2.24, 2.45) is 0 Å². The Bertz CT molecular complexity index is 406. The van der Waals surface area contributed by atoms with Crippen molar-refractivity contribution in [3.8, 4) is 0 Å². The van der Waals surface area contributed by atoms with E-state index in [1.807, 2.05) is 12.1 Å². The van der Waals surface area contributed by atoms with Crippen LogP contribution in [0.15, 0.2) is 24.3 Å². The Balaban J connectivity index is 1.80. The number of nitrogens with one attached hydrogen (secondary N) is 1. The van der Waals surface area contributed by atoms with Crippen molar-refractivity contribution in [2.45, 2.75) is 12.3 Å². The second kappa shape index (κ2) is 5.19. The molecule has 0 fully saturated rings. The van der Waals surface area contributed by atoms with Crippen LogP contribution < -0.4 is 5.32 Å². The number of rotatable bonds is 4. The lowest BCUT2D eigenvalue weighted by Gasteiger charge is -2.30.